The van der Waals surface area contributed by atoms with E-state index in [4.69, 9.17) is 15.2 Å². The van der Waals surface area contributed by atoms with E-state index in [-0.39, 0.29) is 11.4 Å². The Morgan fingerprint density at radius 1 is 1.53 bits per heavy atom. The summed E-state index contributed by atoms with van der Waals surface area (Å²) in [5, 5.41) is 0.272. The topological polar surface area (TPSA) is 61.5 Å². The van der Waals surface area contributed by atoms with Crippen LogP contribution in [-0.4, -0.2) is 47.7 Å². The zero-order chi connectivity index (χ0) is 11.1. The molecule has 0 spiro atoms. The summed E-state index contributed by atoms with van der Waals surface area (Å²) in [7, 11) is -0.823. The summed E-state index contributed by atoms with van der Waals surface area (Å²) < 4.78 is 22.6. The first-order valence-corrected chi connectivity index (χ1v) is 6.92. The lowest BCUT2D eigenvalue weighted by molar-refractivity contribution is 0.0836. The van der Waals surface area contributed by atoms with Crippen molar-refractivity contribution in [2.24, 2.45) is 5.73 Å². The Hall–Kier alpha value is 0.0300. The second-order valence-electron chi connectivity index (χ2n) is 3.67. The van der Waals surface area contributed by atoms with Crippen molar-refractivity contribution >= 4 is 10.8 Å². The molecule has 2 N–H and O–H groups in total. The maximum absolute atomic E-state index is 12.0. The minimum Gasteiger partial charge on any atom is -0.381 e. The first-order chi connectivity index (χ1) is 7.27. The molecule has 0 aromatic heterocycles. The van der Waals surface area contributed by atoms with Crippen molar-refractivity contribution in [1.29, 1.82) is 0 Å². The highest BCUT2D eigenvalue weighted by Gasteiger charge is 2.22. The molecule has 0 aromatic carbocycles. The van der Waals surface area contributed by atoms with Crippen LogP contribution >= 0.6 is 0 Å². The van der Waals surface area contributed by atoms with E-state index in [9.17, 15) is 4.21 Å². The minimum absolute atomic E-state index is 0.0568. The molecule has 1 fully saturated rings. The lowest BCUT2D eigenvalue weighted by Crippen LogP contribution is -2.35. The number of ether oxygens (including phenoxy) is 2. The molecule has 90 valence electrons. The van der Waals surface area contributed by atoms with Crippen LogP contribution in [0.5, 0.6) is 0 Å². The molecular weight excluding hydrogens is 214 g/mol. The Labute approximate surface area is 94.0 Å². The largest absolute Gasteiger partial charge is 0.381 e. The maximum Gasteiger partial charge on any atom is 0.0812 e. The van der Waals surface area contributed by atoms with Gasteiger partial charge in [0.2, 0.25) is 0 Å². The van der Waals surface area contributed by atoms with Gasteiger partial charge in [-0.25, -0.2) is 0 Å². The van der Waals surface area contributed by atoms with E-state index >= 15 is 0 Å². The van der Waals surface area contributed by atoms with Crippen molar-refractivity contribution in [3.05, 3.63) is 0 Å². The van der Waals surface area contributed by atoms with Crippen molar-refractivity contribution < 1.29 is 13.7 Å². The number of nitrogens with two attached hydrogens (primary N) is 1. The predicted octanol–water partition coefficient (Wildman–Crippen LogP) is 0.278. The molecule has 0 radical (unpaired) electrons. The fourth-order valence-corrected chi connectivity index (χ4v) is 3.27. The van der Waals surface area contributed by atoms with Gasteiger partial charge in [-0.05, 0) is 19.8 Å². The number of hydrogen-bond acceptors (Lipinski definition) is 4. The number of rotatable bonds is 6. The summed E-state index contributed by atoms with van der Waals surface area (Å²) >= 11 is 0. The first-order valence-electron chi connectivity index (χ1n) is 5.54. The molecule has 0 aromatic rings. The first kappa shape index (κ1) is 13.1. The fourth-order valence-electron chi connectivity index (χ4n) is 1.68. The second-order valence-corrected chi connectivity index (χ2v) is 5.43. The predicted molar refractivity (Wildman–Crippen MR) is 61.3 cm³/mol. The summed E-state index contributed by atoms with van der Waals surface area (Å²) in [6, 6.07) is 0. The Morgan fingerprint density at radius 3 is 2.73 bits per heavy atom. The molecule has 2 atom stereocenters. The van der Waals surface area contributed by atoms with Crippen LogP contribution in [0.25, 0.3) is 0 Å². The Kier molecular flexibility index (Phi) is 6.40. The van der Waals surface area contributed by atoms with Crippen LogP contribution in [0.2, 0.25) is 0 Å². The van der Waals surface area contributed by atoms with Gasteiger partial charge in [0.05, 0.1) is 11.9 Å². The van der Waals surface area contributed by atoms with Gasteiger partial charge in [0, 0.05) is 42.4 Å². The van der Waals surface area contributed by atoms with Gasteiger partial charge in [-0.3, -0.25) is 4.21 Å². The molecule has 0 bridgehead atoms. The summed E-state index contributed by atoms with van der Waals surface area (Å²) in [4.78, 5) is 0. The van der Waals surface area contributed by atoms with Gasteiger partial charge in [0.1, 0.15) is 0 Å². The molecule has 1 heterocycles. The van der Waals surface area contributed by atoms with Crippen LogP contribution in [-0.2, 0) is 20.3 Å². The summed E-state index contributed by atoms with van der Waals surface area (Å²) in [5.74, 6) is 0.564. The SMILES string of the molecule is CCOC(CN)CS(=O)C1CCOCC1. The van der Waals surface area contributed by atoms with Crippen molar-refractivity contribution in [2.45, 2.75) is 31.1 Å². The third kappa shape index (κ3) is 4.59. The van der Waals surface area contributed by atoms with Gasteiger partial charge in [-0.15, -0.1) is 0 Å². The zero-order valence-corrected chi connectivity index (χ0v) is 10.1. The van der Waals surface area contributed by atoms with Crippen molar-refractivity contribution in [3.8, 4) is 0 Å². The Bertz CT molecular complexity index is 195. The van der Waals surface area contributed by atoms with Crippen LogP contribution < -0.4 is 5.73 Å². The van der Waals surface area contributed by atoms with Crippen LogP contribution in [0.4, 0.5) is 0 Å². The lowest BCUT2D eigenvalue weighted by atomic mass is 10.2. The van der Waals surface area contributed by atoms with Crippen LogP contribution in [0.15, 0.2) is 0 Å². The molecule has 2 unspecified atom stereocenters. The fraction of sp³-hybridized carbons (Fsp3) is 1.00. The van der Waals surface area contributed by atoms with E-state index in [1.54, 1.807) is 0 Å². The quantitative estimate of drug-likeness (QED) is 0.718. The van der Waals surface area contributed by atoms with Crippen LogP contribution in [0.1, 0.15) is 19.8 Å². The zero-order valence-electron chi connectivity index (χ0n) is 9.31. The van der Waals surface area contributed by atoms with Crippen LogP contribution in [0.3, 0.4) is 0 Å². The minimum atomic E-state index is -0.823. The summed E-state index contributed by atoms with van der Waals surface area (Å²) in [5.41, 5.74) is 5.55. The van der Waals surface area contributed by atoms with Crippen molar-refractivity contribution in [1.82, 2.24) is 0 Å². The average Bonchev–Trinajstić information content (AvgIpc) is 2.29. The molecule has 0 aliphatic carbocycles. The molecule has 1 aliphatic rings. The van der Waals surface area contributed by atoms with Gasteiger partial charge in [-0.1, -0.05) is 0 Å². The molecule has 5 heteroatoms. The normalized spacial score (nSPS) is 22.5. The third-order valence-electron chi connectivity index (χ3n) is 2.56. The molecule has 1 saturated heterocycles. The molecule has 1 aliphatic heterocycles. The molecule has 15 heavy (non-hydrogen) atoms. The van der Waals surface area contributed by atoms with Gasteiger partial charge in [0.15, 0.2) is 0 Å². The highest BCUT2D eigenvalue weighted by atomic mass is 32.2. The van der Waals surface area contributed by atoms with E-state index < -0.39 is 10.8 Å². The molecule has 4 nitrogen and oxygen atoms in total. The number of hydrogen-bond donors (Lipinski definition) is 1. The molecule has 1 rings (SSSR count). The standard InChI is InChI=1S/C10H21NO3S/c1-2-14-9(7-11)8-15(12)10-3-5-13-6-4-10/h9-10H,2-8,11H2,1H3. The van der Waals surface area contributed by atoms with Gasteiger partial charge in [0.25, 0.3) is 0 Å². The summed E-state index contributed by atoms with van der Waals surface area (Å²) in [6.07, 6.45) is 1.74. The van der Waals surface area contributed by atoms with Crippen LogP contribution in [0, 0.1) is 0 Å². The molecule has 0 amide bonds. The van der Waals surface area contributed by atoms with Crippen molar-refractivity contribution in [3.63, 3.8) is 0 Å². The lowest BCUT2D eigenvalue weighted by Gasteiger charge is -2.23. The highest BCUT2D eigenvalue weighted by Crippen LogP contribution is 2.14. The van der Waals surface area contributed by atoms with Gasteiger partial charge >= 0.3 is 0 Å². The third-order valence-corrected chi connectivity index (χ3v) is 4.47. The van der Waals surface area contributed by atoms with E-state index in [1.165, 1.54) is 0 Å². The molecular formula is C10H21NO3S. The molecule has 0 saturated carbocycles. The van der Waals surface area contributed by atoms with Crippen molar-refractivity contribution in [2.75, 3.05) is 32.1 Å². The average molecular weight is 235 g/mol. The van der Waals surface area contributed by atoms with Gasteiger partial charge < -0.3 is 15.2 Å². The van der Waals surface area contributed by atoms with E-state index in [2.05, 4.69) is 0 Å². The highest BCUT2D eigenvalue weighted by molar-refractivity contribution is 7.85. The van der Waals surface area contributed by atoms with E-state index in [0.29, 0.717) is 18.9 Å². The second kappa shape index (κ2) is 7.33. The van der Waals surface area contributed by atoms with E-state index in [1.807, 2.05) is 6.92 Å². The summed E-state index contributed by atoms with van der Waals surface area (Å²) in [6.45, 7) is 4.48. The van der Waals surface area contributed by atoms with Gasteiger partial charge in [-0.2, -0.15) is 0 Å². The monoisotopic (exact) mass is 235 g/mol. The Balaban J connectivity index is 2.31. The van der Waals surface area contributed by atoms with E-state index in [0.717, 1.165) is 26.1 Å². The maximum atomic E-state index is 12.0. The Morgan fingerprint density at radius 2 is 2.20 bits per heavy atom. The smallest absolute Gasteiger partial charge is 0.0812 e.